The third kappa shape index (κ3) is 3.35. The highest BCUT2D eigenvalue weighted by molar-refractivity contribution is 5.04. The predicted octanol–water partition coefficient (Wildman–Crippen LogP) is 3.08. The lowest BCUT2D eigenvalue weighted by atomic mass is 9.78. The monoisotopic (exact) mass is 249 g/mol. The van der Waals surface area contributed by atoms with Gasteiger partial charge < -0.3 is 9.88 Å². The van der Waals surface area contributed by atoms with Gasteiger partial charge in [0.2, 0.25) is 0 Å². The number of rotatable bonds is 3. The summed E-state index contributed by atoms with van der Waals surface area (Å²) in [5.41, 5.74) is 0.212. The molecule has 1 aliphatic rings. The fraction of sp³-hybridized carbons (Fsp3) is 0.800. The minimum atomic E-state index is 0.212. The van der Waals surface area contributed by atoms with Crippen LogP contribution in [0.4, 0.5) is 0 Å². The minimum Gasteiger partial charge on any atom is -0.338 e. The van der Waals surface area contributed by atoms with E-state index >= 15 is 0 Å². The molecule has 18 heavy (non-hydrogen) atoms. The summed E-state index contributed by atoms with van der Waals surface area (Å²) < 4.78 is 2.19. The standard InChI is InChI=1S/C15H27N3/c1-15(2,3)17-11-12-7-5-6-8-13(12)14-16-9-10-18(14)4/h9-10,12-13,17H,5-8,11H2,1-4H3. The van der Waals surface area contributed by atoms with Crippen LogP contribution in [0.5, 0.6) is 0 Å². The van der Waals surface area contributed by atoms with Gasteiger partial charge in [-0.2, -0.15) is 0 Å². The fourth-order valence-electron chi connectivity index (χ4n) is 2.96. The van der Waals surface area contributed by atoms with E-state index in [1.807, 2.05) is 6.20 Å². The summed E-state index contributed by atoms with van der Waals surface area (Å²) in [6.45, 7) is 7.84. The van der Waals surface area contributed by atoms with Crippen LogP contribution in [0.1, 0.15) is 58.2 Å². The van der Waals surface area contributed by atoms with E-state index in [9.17, 15) is 0 Å². The Morgan fingerprint density at radius 3 is 2.67 bits per heavy atom. The van der Waals surface area contributed by atoms with Gasteiger partial charge >= 0.3 is 0 Å². The molecular weight excluding hydrogens is 222 g/mol. The molecule has 3 heteroatoms. The second-order valence-corrected chi connectivity index (χ2v) is 6.68. The molecule has 102 valence electrons. The number of aryl methyl sites for hydroxylation is 1. The van der Waals surface area contributed by atoms with Crippen LogP contribution < -0.4 is 5.32 Å². The topological polar surface area (TPSA) is 29.9 Å². The summed E-state index contributed by atoms with van der Waals surface area (Å²) in [5.74, 6) is 2.64. The Morgan fingerprint density at radius 2 is 2.06 bits per heavy atom. The van der Waals surface area contributed by atoms with Crippen molar-refractivity contribution in [2.75, 3.05) is 6.54 Å². The highest BCUT2D eigenvalue weighted by atomic mass is 15.0. The number of nitrogens with zero attached hydrogens (tertiary/aromatic N) is 2. The molecular formula is C15H27N3. The zero-order valence-corrected chi connectivity index (χ0v) is 12.2. The van der Waals surface area contributed by atoms with Crippen LogP contribution in [0, 0.1) is 5.92 Å². The highest BCUT2D eigenvalue weighted by Crippen LogP contribution is 2.36. The van der Waals surface area contributed by atoms with Gasteiger partial charge in [-0.15, -0.1) is 0 Å². The van der Waals surface area contributed by atoms with E-state index in [-0.39, 0.29) is 5.54 Å². The largest absolute Gasteiger partial charge is 0.338 e. The van der Waals surface area contributed by atoms with E-state index < -0.39 is 0 Å². The molecule has 0 aliphatic heterocycles. The lowest BCUT2D eigenvalue weighted by Gasteiger charge is -2.33. The van der Waals surface area contributed by atoms with Gasteiger partial charge in [-0.05, 0) is 46.1 Å². The van der Waals surface area contributed by atoms with Crippen molar-refractivity contribution in [3.05, 3.63) is 18.2 Å². The zero-order valence-electron chi connectivity index (χ0n) is 12.2. The van der Waals surface area contributed by atoms with Crippen LogP contribution in [-0.4, -0.2) is 21.6 Å². The van der Waals surface area contributed by atoms with Gasteiger partial charge in [0.25, 0.3) is 0 Å². The minimum absolute atomic E-state index is 0.212. The van der Waals surface area contributed by atoms with Crippen LogP contribution in [-0.2, 0) is 7.05 Å². The van der Waals surface area contributed by atoms with Crippen molar-refractivity contribution >= 4 is 0 Å². The second kappa shape index (κ2) is 5.43. The Hall–Kier alpha value is -0.830. The Kier molecular flexibility index (Phi) is 4.10. The predicted molar refractivity (Wildman–Crippen MR) is 75.7 cm³/mol. The number of hydrogen-bond donors (Lipinski definition) is 1. The van der Waals surface area contributed by atoms with Crippen LogP contribution in [0.3, 0.4) is 0 Å². The third-order valence-corrected chi connectivity index (χ3v) is 3.99. The molecule has 1 aliphatic carbocycles. The number of nitrogens with one attached hydrogen (secondary N) is 1. The average molecular weight is 249 g/mol. The molecule has 0 spiro atoms. The van der Waals surface area contributed by atoms with Crippen LogP contribution >= 0.6 is 0 Å². The van der Waals surface area contributed by atoms with Crippen LogP contribution in [0.25, 0.3) is 0 Å². The molecule has 0 bridgehead atoms. The summed E-state index contributed by atoms with van der Waals surface area (Å²) in [5, 5.41) is 3.67. The average Bonchev–Trinajstić information content (AvgIpc) is 2.72. The lowest BCUT2D eigenvalue weighted by Crippen LogP contribution is -2.41. The van der Waals surface area contributed by atoms with Crippen molar-refractivity contribution < 1.29 is 0 Å². The SMILES string of the molecule is Cn1ccnc1C1CCCCC1CNC(C)(C)C. The van der Waals surface area contributed by atoms with E-state index in [1.165, 1.54) is 31.5 Å². The smallest absolute Gasteiger partial charge is 0.111 e. The van der Waals surface area contributed by atoms with Gasteiger partial charge in [0, 0.05) is 30.9 Å². The van der Waals surface area contributed by atoms with Gasteiger partial charge in [-0.25, -0.2) is 4.98 Å². The first-order valence-corrected chi connectivity index (χ1v) is 7.19. The van der Waals surface area contributed by atoms with Crippen molar-refractivity contribution in [1.29, 1.82) is 0 Å². The molecule has 3 nitrogen and oxygen atoms in total. The zero-order chi connectivity index (χ0) is 13.2. The van der Waals surface area contributed by atoms with Crippen molar-refractivity contribution in [2.24, 2.45) is 13.0 Å². The Morgan fingerprint density at radius 1 is 1.33 bits per heavy atom. The Bertz CT molecular complexity index is 375. The molecule has 0 saturated heterocycles. The molecule has 1 fully saturated rings. The molecule has 2 rings (SSSR count). The summed E-state index contributed by atoms with van der Waals surface area (Å²) >= 11 is 0. The summed E-state index contributed by atoms with van der Waals surface area (Å²) in [6, 6.07) is 0. The van der Waals surface area contributed by atoms with Crippen molar-refractivity contribution in [1.82, 2.24) is 14.9 Å². The molecule has 2 atom stereocenters. The first-order chi connectivity index (χ1) is 8.47. The van der Waals surface area contributed by atoms with Crippen molar-refractivity contribution in [3.63, 3.8) is 0 Å². The highest BCUT2D eigenvalue weighted by Gasteiger charge is 2.29. The number of aromatic nitrogens is 2. The Labute approximate surface area is 111 Å². The maximum absolute atomic E-state index is 4.57. The fourth-order valence-corrected chi connectivity index (χ4v) is 2.96. The van der Waals surface area contributed by atoms with Gasteiger partial charge in [-0.3, -0.25) is 0 Å². The quantitative estimate of drug-likeness (QED) is 0.892. The van der Waals surface area contributed by atoms with Crippen molar-refractivity contribution in [2.45, 2.75) is 57.9 Å². The van der Waals surface area contributed by atoms with E-state index in [4.69, 9.17) is 0 Å². The molecule has 1 saturated carbocycles. The van der Waals surface area contributed by atoms with E-state index in [1.54, 1.807) is 0 Å². The summed E-state index contributed by atoms with van der Waals surface area (Å²) in [7, 11) is 2.12. The first-order valence-electron chi connectivity index (χ1n) is 7.19. The molecule has 0 aromatic carbocycles. The molecule has 0 radical (unpaired) electrons. The normalized spacial score (nSPS) is 25.3. The molecule has 1 aromatic heterocycles. The second-order valence-electron chi connectivity index (χ2n) is 6.68. The van der Waals surface area contributed by atoms with Crippen LogP contribution in [0.2, 0.25) is 0 Å². The van der Waals surface area contributed by atoms with Gasteiger partial charge in [-0.1, -0.05) is 12.8 Å². The van der Waals surface area contributed by atoms with Gasteiger partial charge in [0.05, 0.1) is 0 Å². The Balaban J connectivity index is 2.05. The number of hydrogen-bond acceptors (Lipinski definition) is 2. The molecule has 0 amide bonds. The third-order valence-electron chi connectivity index (χ3n) is 3.99. The van der Waals surface area contributed by atoms with Gasteiger partial charge in [0.15, 0.2) is 0 Å². The van der Waals surface area contributed by atoms with Gasteiger partial charge in [0.1, 0.15) is 5.82 Å². The summed E-state index contributed by atoms with van der Waals surface area (Å²) in [4.78, 5) is 4.57. The summed E-state index contributed by atoms with van der Waals surface area (Å²) in [6.07, 6.45) is 9.35. The van der Waals surface area contributed by atoms with E-state index in [0.717, 1.165) is 12.5 Å². The molecule has 1 N–H and O–H groups in total. The maximum Gasteiger partial charge on any atom is 0.111 e. The van der Waals surface area contributed by atoms with Crippen molar-refractivity contribution in [3.8, 4) is 0 Å². The number of imidazole rings is 1. The molecule has 2 unspecified atom stereocenters. The first kappa shape index (κ1) is 13.6. The van der Waals surface area contributed by atoms with E-state index in [2.05, 4.69) is 48.9 Å². The maximum atomic E-state index is 4.57. The van der Waals surface area contributed by atoms with E-state index in [0.29, 0.717) is 5.92 Å². The lowest BCUT2D eigenvalue weighted by molar-refractivity contribution is 0.260. The molecule has 1 heterocycles. The van der Waals surface area contributed by atoms with Crippen LogP contribution in [0.15, 0.2) is 12.4 Å². The molecule has 1 aromatic rings.